The van der Waals surface area contributed by atoms with Gasteiger partial charge < -0.3 is 29.9 Å². The van der Waals surface area contributed by atoms with E-state index in [2.05, 4.69) is 147 Å². The molecule has 3 unspecified atom stereocenters. The van der Waals surface area contributed by atoms with E-state index >= 15 is 0 Å². The third-order valence-electron chi connectivity index (χ3n) is 35.5. The summed E-state index contributed by atoms with van der Waals surface area (Å²) < 4.78 is 0. The number of benzene rings is 21. The molecule has 1 fully saturated rings. The first-order valence-corrected chi connectivity index (χ1v) is 42.2. The zero-order chi connectivity index (χ0) is 73.5. The molecule has 6 heterocycles. The first-order chi connectivity index (χ1) is 56.5. The molecule has 8 bridgehead atoms. The first-order valence-electron chi connectivity index (χ1n) is 42.2. The van der Waals surface area contributed by atoms with E-state index < -0.39 is 10.8 Å². The van der Waals surface area contributed by atoms with Gasteiger partial charge in [0.25, 0.3) is 0 Å². The van der Waals surface area contributed by atoms with Crippen molar-refractivity contribution in [1.82, 2.24) is 44.8 Å². The monoisotopic (exact) mass is 1520 g/mol. The molecule has 0 saturated carbocycles. The largest absolute Gasteiger partial charge is 2.00 e. The maximum atomic E-state index is 5.95. The molecule has 35 aromatic rings. The minimum absolute atomic E-state index is 0. The van der Waals surface area contributed by atoms with Crippen molar-refractivity contribution in [3.05, 3.63) is 117 Å². The molecule has 32 aromatic carbocycles. The third-order valence-corrected chi connectivity index (χ3v) is 35.5. The van der Waals surface area contributed by atoms with Crippen LogP contribution in [0.4, 0.5) is 0 Å². The van der Waals surface area contributed by atoms with Gasteiger partial charge in [-0.15, -0.1) is 0 Å². The van der Waals surface area contributed by atoms with Crippen LogP contribution in [0.15, 0.2) is 72.8 Å². The Morgan fingerprint density at radius 2 is 0.641 bits per heavy atom. The van der Waals surface area contributed by atoms with Crippen molar-refractivity contribution in [3.63, 3.8) is 0 Å². The van der Waals surface area contributed by atoms with Gasteiger partial charge in [-0.2, -0.15) is 0 Å². The molecule has 42 rings (SSSR count). The molecule has 1 radical (unpaired) electrons. The van der Waals surface area contributed by atoms with Gasteiger partial charge in [-0.25, -0.2) is 9.97 Å². The van der Waals surface area contributed by atoms with E-state index in [1.54, 1.807) is 313 Å². The Hall–Kier alpha value is -12.8. The molecule has 1 saturated heterocycles. The molecule has 3 atom stereocenters. The number of aromatic nitrogens is 8. The fraction of sp³-hybridized carbons (Fsp3) is 0.159. The van der Waals surface area contributed by atoms with Crippen LogP contribution in [-0.2, 0) is 44.1 Å². The molecule has 2 spiro atoms. The number of likely N-dealkylation sites (N-methyl/N-ethyl adjacent to an activating group) is 1. The number of nitrogens with zero attached hydrogens (tertiary/aromatic N) is 9. The van der Waals surface area contributed by atoms with Gasteiger partial charge in [0.15, 0.2) is 0 Å². The van der Waals surface area contributed by atoms with E-state index in [4.69, 9.17) is 39.9 Å². The summed E-state index contributed by atoms with van der Waals surface area (Å²) >= 11 is 0. The number of hydrogen-bond acceptors (Lipinski definition) is 7. The van der Waals surface area contributed by atoms with Crippen molar-refractivity contribution in [3.8, 4) is 45.6 Å². The second kappa shape index (κ2) is 13.9. The molecule has 3 aromatic heterocycles. The molecule has 117 heavy (non-hydrogen) atoms. The molecule has 3 aliphatic heterocycles. The Morgan fingerprint density at radius 3 is 1.13 bits per heavy atom. The fourth-order valence-corrected chi connectivity index (χ4v) is 33.2. The number of rotatable bonds is 1. The predicted octanol–water partition coefficient (Wildman–Crippen LogP) is 26.3. The van der Waals surface area contributed by atoms with E-state index in [9.17, 15) is 0 Å². The zero-order valence-electron chi connectivity index (χ0n) is 64.0. The number of fused-ring (bicyclic) bond motifs is 20. The van der Waals surface area contributed by atoms with E-state index in [-0.39, 0.29) is 39.4 Å². The molecule has 7 aliphatic rings. The molecule has 529 valence electrons. The smallest absolute Gasteiger partial charge is 0.357 e. The Kier molecular flexibility index (Phi) is 6.44. The van der Waals surface area contributed by atoms with Crippen LogP contribution in [0.1, 0.15) is 113 Å². The van der Waals surface area contributed by atoms with Gasteiger partial charge in [-0.05, 0) is 392 Å². The van der Waals surface area contributed by atoms with Crippen LogP contribution in [0.2, 0.25) is 0 Å². The van der Waals surface area contributed by atoms with Gasteiger partial charge in [0, 0.05) is 57.4 Å². The summed E-state index contributed by atoms with van der Waals surface area (Å²) in [6, 6.07) is 27.3. The van der Waals surface area contributed by atoms with Crippen molar-refractivity contribution < 1.29 is 17.1 Å². The summed E-state index contributed by atoms with van der Waals surface area (Å²) in [6.07, 6.45) is 0. The average molecular weight is 1520 g/mol. The molecular formula is C107H45CuN9. The van der Waals surface area contributed by atoms with Crippen LogP contribution in [0.5, 0.6) is 0 Å². The maximum absolute atomic E-state index is 5.95. The standard InChI is InChI=1S/C107H45N9.Cu/c1-103(2,3)25-18-20-27-31(22-25)100-110-96(27)108-95-26-19-17-24(21-30(26)99(109-95)111-97-28-13-11-15-32(104(4,5)6)34(28)101(112-97)113-98-29-14-12-16-33(105(7,8)9)35(29)102(114-98)115-100)94-107-92-85-77-65-57-48-39-37-36-38-42(39)51-58-56-47(38)49-45-40(36)43-44-41(37)46-50(48)63(65)71-69-55(46)53(44)61-60-52(43)54(45)68-70-62(49)64(56)76-78-66(58)67(59(51)57)79(77)88(92)87(78)90-83(76)81(70)84-74(68)72(60)80-73(61)75(69)86(82(71)85)93(107)89(80)91(84)106(90,107)23-116(94)10;/h11-22,94H,23H2,1-10H3;/q-2;+2. The average Bonchev–Trinajstić information content (AvgIpc) is 1.38. The molecule has 0 N–H and O–H groups in total. The van der Waals surface area contributed by atoms with Crippen LogP contribution in [0, 0.1) is 0 Å². The normalized spacial score (nSPS) is 19.7. The van der Waals surface area contributed by atoms with Crippen molar-refractivity contribution in [2.45, 2.75) is 95.4 Å². The second-order valence-corrected chi connectivity index (χ2v) is 42.0. The van der Waals surface area contributed by atoms with Crippen LogP contribution < -0.4 is 9.97 Å². The van der Waals surface area contributed by atoms with Gasteiger partial charge in [0.05, 0.1) is 34.1 Å². The Labute approximate surface area is 663 Å². The van der Waals surface area contributed by atoms with Gasteiger partial charge >= 0.3 is 17.1 Å². The Morgan fingerprint density at radius 1 is 0.291 bits per heavy atom. The maximum Gasteiger partial charge on any atom is 2.00 e. The zero-order valence-corrected chi connectivity index (χ0v) is 65.0. The molecule has 9 nitrogen and oxygen atoms in total. The minimum atomic E-state index is -0.586. The summed E-state index contributed by atoms with van der Waals surface area (Å²) in [6.45, 7) is 21.4. The molecule has 4 aliphatic carbocycles. The summed E-state index contributed by atoms with van der Waals surface area (Å²) in [4.78, 5) is 48.6. The van der Waals surface area contributed by atoms with E-state index in [0.29, 0.717) is 45.9 Å². The fourth-order valence-electron chi connectivity index (χ4n) is 33.2. The summed E-state index contributed by atoms with van der Waals surface area (Å²) in [7, 11) is 2.57. The van der Waals surface area contributed by atoms with Crippen molar-refractivity contribution >= 4 is 335 Å². The topological polar surface area (TPSA) is 109 Å². The van der Waals surface area contributed by atoms with Crippen LogP contribution in [-0.4, -0.2) is 48.4 Å². The Balaban J connectivity index is 0.00000594. The van der Waals surface area contributed by atoms with Crippen LogP contribution in [0.3, 0.4) is 0 Å². The van der Waals surface area contributed by atoms with Crippen molar-refractivity contribution in [2.24, 2.45) is 0 Å². The van der Waals surface area contributed by atoms with Gasteiger partial charge in [-0.3, -0.25) is 4.90 Å². The van der Waals surface area contributed by atoms with E-state index in [1.807, 2.05) is 0 Å². The summed E-state index contributed by atoms with van der Waals surface area (Å²) in [5.41, 5.74) is 15.9. The summed E-state index contributed by atoms with van der Waals surface area (Å²) in [5.74, 6) is 2.34. The van der Waals surface area contributed by atoms with E-state index in [0.717, 1.165) is 61.5 Å². The molecule has 0 amide bonds. The van der Waals surface area contributed by atoms with Crippen molar-refractivity contribution in [1.29, 1.82) is 0 Å². The molecule has 10 heteroatoms. The second-order valence-electron chi connectivity index (χ2n) is 42.0. The van der Waals surface area contributed by atoms with E-state index in [1.165, 1.54) is 11.1 Å². The first kappa shape index (κ1) is 54.1. The minimum Gasteiger partial charge on any atom is -0.357 e. The predicted molar refractivity (Wildman–Crippen MR) is 479 cm³/mol. The summed E-state index contributed by atoms with van der Waals surface area (Å²) in [5, 5.41) is 91.0. The van der Waals surface area contributed by atoms with Crippen LogP contribution >= 0.6 is 0 Å². The van der Waals surface area contributed by atoms with Crippen LogP contribution in [0.25, 0.3) is 381 Å². The van der Waals surface area contributed by atoms with Gasteiger partial charge in [-0.1, -0.05) is 123 Å². The number of hydrogen-bond donors (Lipinski definition) is 0. The number of likely N-dealkylation sites (tertiary alicyclic amines) is 1. The third kappa shape index (κ3) is 3.98. The SMILES string of the molecule is CN1CC23c4c5c6c7c8c9c(c%10c%11c2c2c%12c4c4c%13c5c5c7c7c8c8c%14c9c%10c9c%10c%11c2c2c%11c%12c4c4c%12c%13c5c5c7c7c8c8c%14c9c9c%10c2c2c%11c4c4c%12c5c7c5c8c9c2c45)C63C1c1ccc2c(c1)-c1nc-2nc2[n-]c(nc3nc(nc4[n-]c(n1)c1cccc(C(C)(C)C)c41)-c1cccc(C(C)(C)C)c1-3)c1cc(C(C)(C)C)ccc21.[Cu+2]. The van der Waals surface area contributed by atoms with Gasteiger partial charge in [0.1, 0.15) is 0 Å². The van der Waals surface area contributed by atoms with Crippen molar-refractivity contribution in [2.75, 3.05) is 13.6 Å². The Bertz CT molecular complexity index is 11100. The quantitative estimate of drug-likeness (QED) is 0.117. The van der Waals surface area contributed by atoms with Gasteiger partial charge in [0.2, 0.25) is 0 Å². The molecular weight excluding hydrogens is 1470 g/mol.